The van der Waals surface area contributed by atoms with Crippen LogP contribution in [0, 0.1) is 6.92 Å². The van der Waals surface area contributed by atoms with Gasteiger partial charge in [0.1, 0.15) is 0 Å². The summed E-state index contributed by atoms with van der Waals surface area (Å²) in [5, 5.41) is 4.31. The highest BCUT2D eigenvalue weighted by Gasteiger charge is 2.11. The fourth-order valence-electron chi connectivity index (χ4n) is 1.79. The Morgan fingerprint density at radius 1 is 1.47 bits per heavy atom. The lowest BCUT2D eigenvalue weighted by molar-refractivity contribution is 0.628. The van der Waals surface area contributed by atoms with Crippen molar-refractivity contribution in [1.29, 1.82) is 0 Å². The Morgan fingerprint density at radius 3 is 2.76 bits per heavy atom. The molecule has 2 rings (SSSR count). The fourth-order valence-corrected chi connectivity index (χ4v) is 2.03. The SMILES string of the molecule is Cc1cc(CC(N)c2ccc(Br)cn2)n(C)n1. The van der Waals surface area contributed by atoms with Gasteiger partial charge in [0.15, 0.2) is 0 Å². The summed E-state index contributed by atoms with van der Waals surface area (Å²) in [5.74, 6) is 0. The average Bonchev–Trinajstić information content (AvgIpc) is 2.58. The lowest BCUT2D eigenvalue weighted by Crippen LogP contribution is -2.16. The van der Waals surface area contributed by atoms with E-state index in [1.54, 1.807) is 6.20 Å². The molecule has 0 aromatic carbocycles. The van der Waals surface area contributed by atoms with E-state index in [0.717, 1.165) is 28.0 Å². The third-order valence-corrected chi connectivity index (χ3v) is 3.13. The Hall–Kier alpha value is -1.20. The van der Waals surface area contributed by atoms with Crippen molar-refractivity contribution >= 4 is 15.9 Å². The first-order valence-electron chi connectivity index (χ1n) is 5.43. The molecule has 0 radical (unpaired) electrons. The number of aromatic nitrogens is 3. The molecule has 2 aromatic rings. The molecular formula is C12H15BrN4. The van der Waals surface area contributed by atoms with Gasteiger partial charge in [0.05, 0.1) is 17.4 Å². The summed E-state index contributed by atoms with van der Waals surface area (Å²) in [6, 6.07) is 5.85. The van der Waals surface area contributed by atoms with Crippen LogP contribution in [0.1, 0.15) is 23.1 Å². The van der Waals surface area contributed by atoms with Crippen LogP contribution in [-0.4, -0.2) is 14.8 Å². The van der Waals surface area contributed by atoms with Crippen molar-refractivity contribution in [2.75, 3.05) is 0 Å². The molecule has 0 aliphatic rings. The first-order valence-corrected chi connectivity index (χ1v) is 6.22. The van der Waals surface area contributed by atoms with E-state index in [0.29, 0.717) is 0 Å². The van der Waals surface area contributed by atoms with Crippen LogP contribution < -0.4 is 5.73 Å². The number of hydrogen-bond donors (Lipinski definition) is 1. The predicted molar refractivity (Wildman–Crippen MR) is 70.5 cm³/mol. The molecule has 0 amide bonds. The molecule has 5 heteroatoms. The monoisotopic (exact) mass is 294 g/mol. The molecule has 2 N–H and O–H groups in total. The quantitative estimate of drug-likeness (QED) is 0.943. The summed E-state index contributed by atoms with van der Waals surface area (Å²) in [7, 11) is 1.93. The zero-order chi connectivity index (χ0) is 12.4. The highest BCUT2D eigenvalue weighted by molar-refractivity contribution is 9.10. The smallest absolute Gasteiger partial charge is 0.0596 e. The predicted octanol–water partition coefficient (Wildman–Crippen LogP) is 2.13. The molecule has 0 spiro atoms. The van der Waals surface area contributed by atoms with Gasteiger partial charge in [-0.15, -0.1) is 0 Å². The normalized spacial score (nSPS) is 12.7. The minimum Gasteiger partial charge on any atom is -0.322 e. The number of rotatable bonds is 3. The number of pyridine rings is 1. The molecule has 90 valence electrons. The molecule has 2 aromatic heterocycles. The lowest BCUT2D eigenvalue weighted by Gasteiger charge is -2.11. The number of halogens is 1. The van der Waals surface area contributed by atoms with Crippen LogP contribution in [0.15, 0.2) is 28.9 Å². The van der Waals surface area contributed by atoms with E-state index in [-0.39, 0.29) is 6.04 Å². The summed E-state index contributed by atoms with van der Waals surface area (Å²) in [6.45, 7) is 1.98. The maximum Gasteiger partial charge on any atom is 0.0596 e. The largest absolute Gasteiger partial charge is 0.322 e. The Balaban J connectivity index is 2.13. The van der Waals surface area contributed by atoms with Crippen LogP contribution in [0.2, 0.25) is 0 Å². The van der Waals surface area contributed by atoms with E-state index >= 15 is 0 Å². The van der Waals surface area contributed by atoms with Crippen LogP contribution >= 0.6 is 15.9 Å². The fraction of sp³-hybridized carbons (Fsp3) is 0.333. The maximum atomic E-state index is 6.14. The molecule has 0 aliphatic carbocycles. The Kier molecular flexibility index (Phi) is 3.59. The maximum absolute atomic E-state index is 6.14. The number of nitrogens with zero attached hydrogens (tertiary/aromatic N) is 3. The summed E-state index contributed by atoms with van der Waals surface area (Å²) in [5.41, 5.74) is 9.17. The Labute approximate surface area is 109 Å². The summed E-state index contributed by atoms with van der Waals surface area (Å²) < 4.78 is 2.83. The van der Waals surface area contributed by atoms with E-state index < -0.39 is 0 Å². The van der Waals surface area contributed by atoms with Crippen LogP contribution in [0.3, 0.4) is 0 Å². The van der Waals surface area contributed by atoms with Gasteiger partial charge in [-0.3, -0.25) is 9.67 Å². The molecule has 0 saturated carbocycles. The van der Waals surface area contributed by atoms with Crippen LogP contribution in [0.5, 0.6) is 0 Å². The molecule has 17 heavy (non-hydrogen) atoms. The van der Waals surface area contributed by atoms with Crippen molar-refractivity contribution in [3.63, 3.8) is 0 Å². The summed E-state index contributed by atoms with van der Waals surface area (Å²) >= 11 is 3.36. The van der Waals surface area contributed by atoms with Crippen molar-refractivity contribution < 1.29 is 0 Å². The third kappa shape index (κ3) is 2.92. The van der Waals surface area contributed by atoms with Gasteiger partial charge in [0.25, 0.3) is 0 Å². The van der Waals surface area contributed by atoms with E-state index in [4.69, 9.17) is 5.73 Å². The molecule has 1 unspecified atom stereocenters. The minimum atomic E-state index is -0.0992. The van der Waals surface area contributed by atoms with Gasteiger partial charge in [0.2, 0.25) is 0 Å². The zero-order valence-electron chi connectivity index (χ0n) is 9.89. The molecule has 0 saturated heterocycles. The number of aryl methyl sites for hydroxylation is 2. The molecular weight excluding hydrogens is 280 g/mol. The second-order valence-corrected chi connectivity index (χ2v) is 5.03. The highest BCUT2D eigenvalue weighted by atomic mass is 79.9. The van der Waals surface area contributed by atoms with Gasteiger partial charge < -0.3 is 5.73 Å². The van der Waals surface area contributed by atoms with Crippen molar-refractivity contribution in [3.8, 4) is 0 Å². The minimum absolute atomic E-state index is 0.0992. The number of nitrogens with two attached hydrogens (primary N) is 1. The molecule has 0 fully saturated rings. The van der Waals surface area contributed by atoms with Gasteiger partial charge in [-0.25, -0.2) is 0 Å². The summed E-state index contributed by atoms with van der Waals surface area (Å²) in [6.07, 6.45) is 2.51. The molecule has 0 bridgehead atoms. The first-order chi connectivity index (χ1) is 8.06. The van der Waals surface area contributed by atoms with Gasteiger partial charge >= 0.3 is 0 Å². The second-order valence-electron chi connectivity index (χ2n) is 4.11. The van der Waals surface area contributed by atoms with Crippen molar-refractivity contribution in [1.82, 2.24) is 14.8 Å². The van der Waals surface area contributed by atoms with E-state index in [1.165, 1.54) is 0 Å². The second kappa shape index (κ2) is 4.98. The molecule has 2 heterocycles. The average molecular weight is 295 g/mol. The Bertz CT molecular complexity index is 504. The molecule has 0 aliphatic heterocycles. The van der Waals surface area contributed by atoms with E-state index in [9.17, 15) is 0 Å². The van der Waals surface area contributed by atoms with Gasteiger partial charge in [-0.1, -0.05) is 0 Å². The number of hydrogen-bond acceptors (Lipinski definition) is 3. The Morgan fingerprint density at radius 2 is 2.24 bits per heavy atom. The van der Waals surface area contributed by atoms with Crippen molar-refractivity contribution in [2.24, 2.45) is 12.8 Å². The molecule has 1 atom stereocenters. The van der Waals surface area contributed by atoms with Gasteiger partial charge in [0, 0.05) is 29.8 Å². The van der Waals surface area contributed by atoms with Crippen LogP contribution in [-0.2, 0) is 13.5 Å². The summed E-state index contributed by atoms with van der Waals surface area (Å²) in [4.78, 5) is 4.31. The topological polar surface area (TPSA) is 56.7 Å². The molecule has 4 nitrogen and oxygen atoms in total. The van der Waals surface area contributed by atoms with E-state index in [1.807, 2.05) is 30.8 Å². The van der Waals surface area contributed by atoms with Crippen molar-refractivity contribution in [3.05, 3.63) is 46.0 Å². The van der Waals surface area contributed by atoms with Crippen LogP contribution in [0.4, 0.5) is 0 Å². The first kappa shape index (κ1) is 12.3. The third-order valence-electron chi connectivity index (χ3n) is 2.66. The highest BCUT2D eigenvalue weighted by Crippen LogP contribution is 2.16. The van der Waals surface area contributed by atoms with E-state index in [2.05, 4.69) is 32.1 Å². The van der Waals surface area contributed by atoms with Crippen molar-refractivity contribution in [2.45, 2.75) is 19.4 Å². The lowest BCUT2D eigenvalue weighted by atomic mass is 10.1. The van der Waals surface area contributed by atoms with Gasteiger partial charge in [-0.05, 0) is 41.1 Å². The zero-order valence-corrected chi connectivity index (χ0v) is 11.5. The standard InChI is InChI=1S/C12H15BrN4/c1-8-5-10(17(2)16-8)6-11(14)12-4-3-9(13)7-15-12/h3-5,7,11H,6,14H2,1-2H3. The van der Waals surface area contributed by atoms with Crippen LogP contribution in [0.25, 0.3) is 0 Å². The van der Waals surface area contributed by atoms with Gasteiger partial charge in [-0.2, -0.15) is 5.10 Å².